The topological polar surface area (TPSA) is 78.5 Å². The van der Waals surface area contributed by atoms with Gasteiger partial charge in [-0.1, -0.05) is 30.9 Å². The van der Waals surface area contributed by atoms with Gasteiger partial charge in [0.15, 0.2) is 0 Å². The number of imide groups is 1. The fourth-order valence-corrected chi connectivity index (χ4v) is 3.82. The highest BCUT2D eigenvalue weighted by atomic mass is 35.5. The molecule has 0 aromatic heterocycles. The van der Waals surface area contributed by atoms with Crippen molar-refractivity contribution in [3.8, 4) is 0 Å². The summed E-state index contributed by atoms with van der Waals surface area (Å²) >= 11 is 5.81. The van der Waals surface area contributed by atoms with Crippen molar-refractivity contribution in [1.29, 1.82) is 0 Å². The Balaban J connectivity index is 1.65. The number of nitrogens with one attached hydrogen (secondary N) is 2. The predicted octanol–water partition coefficient (Wildman–Crippen LogP) is 3.17. The van der Waals surface area contributed by atoms with Crippen LogP contribution in [0.1, 0.15) is 39.0 Å². The zero-order valence-corrected chi connectivity index (χ0v) is 14.9. The number of hydrogen-bond acceptors (Lipinski definition) is 3. The van der Waals surface area contributed by atoms with E-state index in [0.717, 1.165) is 30.6 Å². The minimum atomic E-state index is -0.905. The van der Waals surface area contributed by atoms with E-state index in [9.17, 15) is 14.4 Å². The molecule has 1 saturated heterocycles. The van der Waals surface area contributed by atoms with Gasteiger partial charge in [-0.25, -0.2) is 4.79 Å². The summed E-state index contributed by atoms with van der Waals surface area (Å²) in [5.41, 5.74) is -0.339. The van der Waals surface area contributed by atoms with Gasteiger partial charge in [0.05, 0.1) is 0 Å². The lowest BCUT2D eigenvalue weighted by Gasteiger charge is -2.34. The summed E-state index contributed by atoms with van der Waals surface area (Å²) in [5.74, 6) is -0.601. The molecule has 0 radical (unpaired) electrons. The van der Waals surface area contributed by atoms with E-state index in [1.807, 2.05) is 0 Å². The number of urea groups is 1. The number of anilines is 1. The molecule has 1 heterocycles. The molecule has 7 heteroatoms. The molecule has 0 unspecified atom stereocenters. The molecule has 0 spiro atoms. The monoisotopic (exact) mass is 363 g/mol. The molecule has 4 amide bonds. The second-order valence-corrected chi connectivity index (χ2v) is 7.35. The molecule has 2 aliphatic rings. The van der Waals surface area contributed by atoms with Gasteiger partial charge in [0.1, 0.15) is 12.1 Å². The molecule has 1 aromatic rings. The number of rotatable bonds is 4. The van der Waals surface area contributed by atoms with Crippen LogP contribution in [0.5, 0.6) is 0 Å². The van der Waals surface area contributed by atoms with Crippen LogP contribution < -0.4 is 10.6 Å². The molecule has 1 aliphatic heterocycles. The summed E-state index contributed by atoms with van der Waals surface area (Å²) in [5, 5.41) is 6.05. The van der Waals surface area contributed by atoms with Crippen molar-refractivity contribution < 1.29 is 14.4 Å². The Morgan fingerprint density at radius 1 is 1.24 bits per heavy atom. The van der Waals surface area contributed by atoms with Crippen LogP contribution in [0.4, 0.5) is 10.5 Å². The lowest BCUT2D eigenvalue weighted by molar-refractivity contribution is -0.135. The maximum Gasteiger partial charge on any atom is 0.325 e. The molecule has 3 rings (SSSR count). The molecule has 1 aromatic carbocycles. The van der Waals surface area contributed by atoms with E-state index in [2.05, 4.69) is 10.6 Å². The first kappa shape index (κ1) is 17.7. The van der Waals surface area contributed by atoms with Crippen LogP contribution in [-0.4, -0.2) is 34.8 Å². The molecule has 134 valence electrons. The van der Waals surface area contributed by atoms with Crippen molar-refractivity contribution in [2.45, 2.75) is 44.6 Å². The summed E-state index contributed by atoms with van der Waals surface area (Å²) in [6.45, 7) is 1.48. The third kappa shape index (κ3) is 3.63. The zero-order chi connectivity index (χ0) is 18.0. The number of nitrogens with zero attached hydrogens (tertiary/aromatic N) is 1. The third-order valence-corrected chi connectivity index (χ3v) is 5.40. The largest absolute Gasteiger partial charge is 0.325 e. The highest BCUT2D eigenvalue weighted by molar-refractivity contribution is 6.30. The Hall–Kier alpha value is -2.08. The van der Waals surface area contributed by atoms with E-state index in [1.165, 1.54) is 6.42 Å². The van der Waals surface area contributed by atoms with Crippen molar-refractivity contribution in [2.24, 2.45) is 5.92 Å². The molecule has 1 saturated carbocycles. The van der Waals surface area contributed by atoms with Gasteiger partial charge in [0.25, 0.3) is 5.91 Å². The molecule has 25 heavy (non-hydrogen) atoms. The minimum Gasteiger partial charge on any atom is -0.325 e. The van der Waals surface area contributed by atoms with Crippen molar-refractivity contribution in [3.05, 3.63) is 29.3 Å². The first-order valence-electron chi connectivity index (χ1n) is 8.59. The maximum absolute atomic E-state index is 12.8. The number of benzene rings is 1. The van der Waals surface area contributed by atoms with Gasteiger partial charge in [-0.2, -0.15) is 0 Å². The minimum absolute atomic E-state index is 0.127. The SMILES string of the molecule is C[C@@]1(C2CCCCC2)NC(=O)N(CC(=O)Nc2ccc(Cl)cc2)C1=O. The Kier molecular flexibility index (Phi) is 4.99. The van der Waals surface area contributed by atoms with Crippen LogP contribution in [0.3, 0.4) is 0 Å². The van der Waals surface area contributed by atoms with Gasteiger partial charge >= 0.3 is 6.03 Å². The average Bonchev–Trinajstić information content (AvgIpc) is 2.82. The van der Waals surface area contributed by atoms with Gasteiger partial charge in [0.2, 0.25) is 5.91 Å². The molecule has 0 bridgehead atoms. The number of carbonyl (C=O) groups excluding carboxylic acids is 3. The first-order valence-corrected chi connectivity index (χ1v) is 8.97. The van der Waals surface area contributed by atoms with E-state index in [-0.39, 0.29) is 18.4 Å². The Bertz CT molecular complexity index is 685. The maximum atomic E-state index is 12.8. The normalized spacial score (nSPS) is 24.3. The summed E-state index contributed by atoms with van der Waals surface area (Å²) < 4.78 is 0. The average molecular weight is 364 g/mol. The lowest BCUT2D eigenvalue weighted by atomic mass is 9.75. The fraction of sp³-hybridized carbons (Fsp3) is 0.500. The van der Waals surface area contributed by atoms with Crippen LogP contribution in [0.15, 0.2) is 24.3 Å². The van der Waals surface area contributed by atoms with Gasteiger partial charge in [-0.05, 0) is 49.9 Å². The van der Waals surface area contributed by atoms with Gasteiger partial charge < -0.3 is 10.6 Å². The van der Waals surface area contributed by atoms with E-state index >= 15 is 0 Å². The van der Waals surface area contributed by atoms with Crippen LogP contribution in [0, 0.1) is 5.92 Å². The van der Waals surface area contributed by atoms with E-state index in [1.54, 1.807) is 31.2 Å². The Morgan fingerprint density at radius 3 is 2.52 bits per heavy atom. The zero-order valence-electron chi connectivity index (χ0n) is 14.2. The Labute approximate surface area is 151 Å². The molecule has 1 aliphatic carbocycles. The summed E-state index contributed by atoms with van der Waals surface area (Å²) in [6, 6.07) is 6.15. The lowest BCUT2D eigenvalue weighted by Crippen LogP contribution is -2.51. The molecule has 1 atom stereocenters. The Morgan fingerprint density at radius 2 is 1.88 bits per heavy atom. The summed E-state index contributed by atoms with van der Waals surface area (Å²) in [4.78, 5) is 38.3. The van der Waals surface area contributed by atoms with Crippen LogP contribution in [0.25, 0.3) is 0 Å². The molecular formula is C18H22ClN3O3. The first-order chi connectivity index (χ1) is 11.9. The molecule has 2 fully saturated rings. The van der Waals surface area contributed by atoms with E-state index in [0.29, 0.717) is 10.7 Å². The van der Waals surface area contributed by atoms with Crippen LogP contribution >= 0.6 is 11.6 Å². The third-order valence-electron chi connectivity index (χ3n) is 5.15. The predicted molar refractivity (Wildman–Crippen MR) is 95.3 cm³/mol. The standard InChI is InChI=1S/C18H22ClN3O3/c1-18(12-5-3-2-4-6-12)16(24)22(17(25)21-18)11-15(23)20-14-9-7-13(19)8-10-14/h7-10,12H,2-6,11H2,1H3,(H,20,23)(H,21,25)/t18-/m0/s1. The van der Waals surface area contributed by atoms with E-state index in [4.69, 9.17) is 11.6 Å². The molecule has 6 nitrogen and oxygen atoms in total. The van der Waals surface area contributed by atoms with Gasteiger partial charge in [-0.3, -0.25) is 14.5 Å². The number of hydrogen-bond donors (Lipinski definition) is 2. The summed E-state index contributed by atoms with van der Waals surface area (Å²) in [6.07, 6.45) is 5.16. The van der Waals surface area contributed by atoms with Crippen LogP contribution in [0.2, 0.25) is 5.02 Å². The second-order valence-electron chi connectivity index (χ2n) is 6.91. The quantitative estimate of drug-likeness (QED) is 0.806. The highest BCUT2D eigenvalue weighted by Gasteiger charge is 2.52. The van der Waals surface area contributed by atoms with Crippen molar-refractivity contribution in [2.75, 3.05) is 11.9 Å². The number of halogens is 1. The van der Waals surface area contributed by atoms with Crippen molar-refractivity contribution >= 4 is 35.1 Å². The highest BCUT2D eigenvalue weighted by Crippen LogP contribution is 2.36. The second kappa shape index (κ2) is 7.04. The fourth-order valence-electron chi connectivity index (χ4n) is 3.69. The smallest absolute Gasteiger partial charge is 0.325 e. The number of carbonyl (C=O) groups is 3. The van der Waals surface area contributed by atoms with Gasteiger partial charge in [0, 0.05) is 10.7 Å². The molecule has 2 N–H and O–H groups in total. The number of amides is 4. The van der Waals surface area contributed by atoms with Crippen molar-refractivity contribution in [3.63, 3.8) is 0 Å². The van der Waals surface area contributed by atoms with Crippen LogP contribution in [-0.2, 0) is 9.59 Å². The summed E-state index contributed by atoms with van der Waals surface area (Å²) in [7, 11) is 0. The van der Waals surface area contributed by atoms with Crippen molar-refractivity contribution in [1.82, 2.24) is 10.2 Å². The molecular weight excluding hydrogens is 342 g/mol. The van der Waals surface area contributed by atoms with Gasteiger partial charge in [-0.15, -0.1) is 0 Å². The van der Waals surface area contributed by atoms with E-state index < -0.39 is 17.5 Å².